The number of nitrogens with zero attached hydrogens (tertiary/aromatic N) is 2. The summed E-state index contributed by atoms with van der Waals surface area (Å²) in [7, 11) is 0. The monoisotopic (exact) mass is 233 g/mol. The molecule has 5 heteroatoms. The first-order valence-corrected chi connectivity index (χ1v) is 5.10. The molecule has 1 heterocycles. The van der Waals surface area contributed by atoms with Gasteiger partial charge in [0, 0.05) is 17.8 Å². The Morgan fingerprint density at radius 1 is 1.18 bits per heavy atom. The number of hydrogen-bond acceptors (Lipinski definition) is 4. The highest BCUT2D eigenvalue weighted by Crippen LogP contribution is 2.26. The number of aromatic nitrogens is 2. The molecule has 0 aliphatic carbocycles. The minimum atomic E-state index is -0.398. The number of halogens is 1. The van der Waals surface area contributed by atoms with E-state index in [-0.39, 0.29) is 5.69 Å². The van der Waals surface area contributed by atoms with Gasteiger partial charge in [0.2, 0.25) is 5.88 Å². The number of hydrogen-bond donors (Lipinski definition) is 1. The van der Waals surface area contributed by atoms with Crippen LogP contribution in [0.4, 0.5) is 10.1 Å². The minimum absolute atomic E-state index is 0.235. The number of rotatable bonds is 2. The van der Waals surface area contributed by atoms with Crippen LogP contribution >= 0.6 is 0 Å². The van der Waals surface area contributed by atoms with Crippen LogP contribution in [0.1, 0.15) is 11.5 Å². The van der Waals surface area contributed by atoms with Crippen LogP contribution in [0.2, 0.25) is 0 Å². The lowest BCUT2D eigenvalue weighted by Crippen LogP contribution is -1.97. The minimum Gasteiger partial charge on any atom is -0.437 e. The molecule has 1 aromatic carbocycles. The first-order chi connectivity index (χ1) is 8.04. The second-order valence-electron chi connectivity index (χ2n) is 3.68. The number of nitrogens with two attached hydrogens (primary N) is 1. The maximum Gasteiger partial charge on any atom is 0.222 e. The molecule has 0 atom stereocenters. The predicted octanol–water partition coefficient (Wildman–Crippen LogP) is 2.61. The highest BCUT2D eigenvalue weighted by molar-refractivity contribution is 5.53. The Labute approximate surface area is 98.3 Å². The molecule has 2 aromatic rings. The van der Waals surface area contributed by atoms with Crippen LogP contribution in [-0.4, -0.2) is 9.97 Å². The van der Waals surface area contributed by atoms with E-state index in [0.29, 0.717) is 17.5 Å². The van der Waals surface area contributed by atoms with Crippen molar-refractivity contribution >= 4 is 5.69 Å². The average molecular weight is 233 g/mol. The molecule has 0 radical (unpaired) electrons. The zero-order chi connectivity index (χ0) is 12.4. The summed E-state index contributed by atoms with van der Waals surface area (Å²) in [6.45, 7) is 3.61. The van der Waals surface area contributed by atoms with Gasteiger partial charge in [0.15, 0.2) is 5.75 Å². The van der Waals surface area contributed by atoms with Crippen molar-refractivity contribution in [2.24, 2.45) is 0 Å². The van der Waals surface area contributed by atoms with Crippen molar-refractivity contribution in [2.45, 2.75) is 13.8 Å². The summed E-state index contributed by atoms with van der Waals surface area (Å²) in [4.78, 5) is 8.24. The van der Waals surface area contributed by atoms with E-state index in [1.54, 1.807) is 13.0 Å². The average Bonchev–Trinajstić information content (AvgIpc) is 2.21. The van der Waals surface area contributed by atoms with Crippen molar-refractivity contribution in [2.75, 3.05) is 5.73 Å². The van der Waals surface area contributed by atoms with E-state index in [9.17, 15) is 4.39 Å². The van der Waals surface area contributed by atoms with Crippen LogP contribution in [0, 0.1) is 19.7 Å². The molecule has 4 nitrogen and oxygen atoms in total. The van der Waals surface area contributed by atoms with Gasteiger partial charge < -0.3 is 10.5 Å². The second-order valence-corrected chi connectivity index (χ2v) is 3.68. The Hall–Kier alpha value is -2.17. The molecular weight excluding hydrogens is 221 g/mol. The summed E-state index contributed by atoms with van der Waals surface area (Å²) in [6.07, 6.45) is 0. The zero-order valence-corrected chi connectivity index (χ0v) is 9.57. The van der Waals surface area contributed by atoms with E-state index in [2.05, 4.69) is 9.97 Å². The maximum absolute atomic E-state index is 12.9. The molecule has 0 amide bonds. The molecule has 0 spiro atoms. The van der Waals surface area contributed by atoms with Crippen LogP contribution in [0.5, 0.6) is 11.6 Å². The smallest absolute Gasteiger partial charge is 0.222 e. The topological polar surface area (TPSA) is 61.0 Å². The van der Waals surface area contributed by atoms with Crippen molar-refractivity contribution in [3.05, 3.63) is 41.6 Å². The molecular formula is C12H12FN3O. The number of nitrogen functional groups attached to an aromatic ring is 1. The highest BCUT2D eigenvalue weighted by atomic mass is 19.1. The summed E-state index contributed by atoms with van der Waals surface area (Å²) < 4.78 is 18.3. The molecule has 0 aliphatic rings. The molecule has 0 saturated carbocycles. The van der Waals surface area contributed by atoms with Gasteiger partial charge in [-0.3, -0.25) is 0 Å². The molecule has 2 rings (SSSR count). The van der Waals surface area contributed by atoms with Crippen molar-refractivity contribution < 1.29 is 9.13 Å². The van der Waals surface area contributed by atoms with E-state index in [0.717, 1.165) is 5.69 Å². The highest BCUT2D eigenvalue weighted by Gasteiger charge is 2.06. The van der Waals surface area contributed by atoms with Gasteiger partial charge in [-0.1, -0.05) is 0 Å². The van der Waals surface area contributed by atoms with Crippen LogP contribution in [0.3, 0.4) is 0 Å². The summed E-state index contributed by atoms with van der Waals surface area (Å²) in [5, 5.41) is 0. The van der Waals surface area contributed by atoms with Crippen LogP contribution in [0.25, 0.3) is 0 Å². The fourth-order valence-electron chi connectivity index (χ4n) is 1.46. The van der Waals surface area contributed by atoms with Crippen molar-refractivity contribution in [3.8, 4) is 11.6 Å². The first-order valence-electron chi connectivity index (χ1n) is 5.10. The third-order valence-corrected chi connectivity index (χ3v) is 2.13. The van der Waals surface area contributed by atoms with Crippen molar-refractivity contribution in [1.29, 1.82) is 0 Å². The number of aryl methyl sites for hydroxylation is 2. The normalized spacial score (nSPS) is 10.3. The van der Waals surface area contributed by atoms with Crippen molar-refractivity contribution in [3.63, 3.8) is 0 Å². The van der Waals surface area contributed by atoms with Gasteiger partial charge in [0.25, 0.3) is 0 Å². The molecule has 1 aromatic heterocycles. The summed E-state index contributed by atoms with van der Waals surface area (Å²) in [5.41, 5.74) is 6.67. The van der Waals surface area contributed by atoms with E-state index in [4.69, 9.17) is 10.5 Å². The fraction of sp³-hybridized carbons (Fsp3) is 0.167. The zero-order valence-electron chi connectivity index (χ0n) is 9.57. The first kappa shape index (κ1) is 11.3. The molecule has 0 aliphatic heterocycles. The molecule has 17 heavy (non-hydrogen) atoms. The third kappa shape index (κ3) is 2.69. The maximum atomic E-state index is 12.9. The Morgan fingerprint density at radius 2 is 1.94 bits per heavy atom. The lowest BCUT2D eigenvalue weighted by molar-refractivity contribution is 0.459. The van der Waals surface area contributed by atoms with Gasteiger partial charge in [0.1, 0.15) is 11.6 Å². The standard InChI is InChI=1S/C12H12FN3O/c1-7-5-12(16-8(2)15-7)17-11-4-3-9(13)6-10(11)14/h3-6H,14H2,1-2H3. The van der Waals surface area contributed by atoms with Gasteiger partial charge in [-0.2, -0.15) is 4.98 Å². The third-order valence-electron chi connectivity index (χ3n) is 2.13. The summed E-state index contributed by atoms with van der Waals surface area (Å²) in [5.74, 6) is 0.989. The van der Waals surface area contributed by atoms with E-state index in [1.807, 2.05) is 6.92 Å². The van der Waals surface area contributed by atoms with Gasteiger partial charge in [-0.15, -0.1) is 0 Å². The molecule has 2 N–H and O–H groups in total. The lowest BCUT2D eigenvalue weighted by Gasteiger charge is -2.08. The number of ether oxygens (including phenoxy) is 1. The molecule has 0 bridgehead atoms. The van der Waals surface area contributed by atoms with Gasteiger partial charge >= 0.3 is 0 Å². The lowest BCUT2D eigenvalue weighted by atomic mass is 10.3. The number of anilines is 1. The largest absolute Gasteiger partial charge is 0.437 e. The van der Waals surface area contributed by atoms with Gasteiger partial charge in [0.05, 0.1) is 5.69 Å². The molecule has 0 saturated heterocycles. The Balaban J connectivity index is 2.31. The van der Waals surface area contributed by atoms with Crippen LogP contribution in [0.15, 0.2) is 24.3 Å². The van der Waals surface area contributed by atoms with Gasteiger partial charge in [-0.05, 0) is 26.0 Å². The molecule has 0 unspecified atom stereocenters. The predicted molar refractivity (Wildman–Crippen MR) is 62.4 cm³/mol. The van der Waals surface area contributed by atoms with E-state index in [1.165, 1.54) is 18.2 Å². The Kier molecular flexibility index (Phi) is 2.91. The Morgan fingerprint density at radius 3 is 2.59 bits per heavy atom. The van der Waals surface area contributed by atoms with Crippen LogP contribution < -0.4 is 10.5 Å². The quantitative estimate of drug-likeness (QED) is 0.810. The summed E-state index contributed by atoms with van der Waals surface area (Å²) >= 11 is 0. The summed E-state index contributed by atoms with van der Waals surface area (Å²) in [6, 6.07) is 5.65. The van der Waals surface area contributed by atoms with Crippen LogP contribution in [-0.2, 0) is 0 Å². The SMILES string of the molecule is Cc1cc(Oc2ccc(F)cc2N)nc(C)n1. The van der Waals surface area contributed by atoms with E-state index < -0.39 is 5.82 Å². The fourth-order valence-corrected chi connectivity index (χ4v) is 1.46. The number of benzene rings is 1. The Bertz CT molecular complexity index is 537. The molecule has 88 valence electrons. The van der Waals surface area contributed by atoms with Crippen molar-refractivity contribution in [1.82, 2.24) is 9.97 Å². The second kappa shape index (κ2) is 4.37. The van der Waals surface area contributed by atoms with Gasteiger partial charge in [-0.25, -0.2) is 9.37 Å². The molecule has 0 fully saturated rings. The van der Waals surface area contributed by atoms with E-state index >= 15 is 0 Å².